The van der Waals surface area contributed by atoms with E-state index in [1.807, 2.05) is 0 Å². The number of fused-ring (bicyclic) bond motifs is 6. The van der Waals surface area contributed by atoms with E-state index in [9.17, 15) is 26.4 Å². The van der Waals surface area contributed by atoms with Crippen LogP contribution in [0.15, 0.2) is 71.3 Å². The van der Waals surface area contributed by atoms with Gasteiger partial charge in [-0.3, -0.25) is 14.1 Å². The molecule has 7 rings (SSSR count). The predicted molar refractivity (Wildman–Crippen MR) is 170 cm³/mol. The van der Waals surface area contributed by atoms with E-state index in [1.54, 1.807) is 41.0 Å². The van der Waals surface area contributed by atoms with E-state index < -0.39 is 27.7 Å². The molecule has 0 saturated carbocycles. The van der Waals surface area contributed by atoms with Gasteiger partial charge in [-0.1, -0.05) is 6.07 Å². The van der Waals surface area contributed by atoms with Gasteiger partial charge in [0.2, 0.25) is 10.0 Å². The zero-order valence-electron chi connectivity index (χ0n) is 25.4. The minimum Gasteiger partial charge on any atom is -0.470 e. The Labute approximate surface area is 266 Å². The van der Waals surface area contributed by atoms with Gasteiger partial charge in [-0.25, -0.2) is 26.6 Å². The van der Waals surface area contributed by atoms with Crippen LogP contribution in [0.4, 0.5) is 18.9 Å². The van der Waals surface area contributed by atoms with Crippen molar-refractivity contribution in [2.45, 2.75) is 19.6 Å². The first kappa shape index (κ1) is 30.3. The standard InChI is InChI=1S/C33H26F3N5O5S/c1-33(35,36)17-8-9-23(38-15-17)31-29(32(42)37-2)20-12-19(25(14-28(20)46-31)40(3)47(4,43)44)22-10-11-27-30(39-22)26-13-18-21(34)6-5-7-24(18)41(26)16-45-27/h5-15H,16H2,1-4H3,(H,37,42). The first-order chi connectivity index (χ1) is 22.3. The van der Waals surface area contributed by atoms with E-state index in [0.29, 0.717) is 44.7 Å². The number of sulfonamides is 1. The highest BCUT2D eigenvalue weighted by Crippen LogP contribution is 2.43. The molecule has 0 unspecified atom stereocenters. The Hall–Kier alpha value is -5.37. The number of alkyl halides is 2. The number of hydrogen-bond acceptors (Lipinski definition) is 7. The number of carbonyl (C=O) groups is 1. The third-order valence-corrected chi connectivity index (χ3v) is 9.41. The first-order valence-corrected chi connectivity index (χ1v) is 16.1. The fourth-order valence-electron chi connectivity index (χ4n) is 5.71. The van der Waals surface area contributed by atoms with Crippen molar-refractivity contribution in [3.63, 3.8) is 0 Å². The molecule has 0 aliphatic carbocycles. The molecular formula is C33H26F3N5O5S. The maximum atomic E-state index is 14.7. The molecule has 1 aliphatic rings. The average molecular weight is 662 g/mol. The Morgan fingerprint density at radius 1 is 1.06 bits per heavy atom. The Kier molecular flexibility index (Phi) is 6.82. The van der Waals surface area contributed by atoms with Crippen molar-refractivity contribution in [2.24, 2.45) is 0 Å². The van der Waals surface area contributed by atoms with Crippen LogP contribution in [-0.2, 0) is 22.7 Å². The highest BCUT2D eigenvalue weighted by molar-refractivity contribution is 7.92. The molecule has 1 amide bonds. The van der Waals surface area contributed by atoms with Gasteiger partial charge in [-0.05, 0) is 48.5 Å². The normalized spacial score (nSPS) is 12.9. The molecule has 2 aromatic carbocycles. The maximum absolute atomic E-state index is 14.7. The van der Waals surface area contributed by atoms with Crippen molar-refractivity contribution in [1.29, 1.82) is 0 Å². The molecule has 10 nitrogen and oxygen atoms in total. The molecule has 0 bridgehead atoms. The highest BCUT2D eigenvalue weighted by Gasteiger charge is 2.30. The van der Waals surface area contributed by atoms with Crippen molar-refractivity contribution in [3.05, 3.63) is 83.8 Å². The molecule has 0 radical (unpaired) electrons. The molecule has 14 heteroatoms. The third kappa shape index (κ3) is 4.95. The smallest absolute Gasteiger partial charge is 0.272 e. The van der Waals surface area contributed by atoms with Crippen molar-refractivity contribution < 1.29 is 35.5 Å². The van der Waals surface area contributed by atoms with Gasteiger partial charge in [0.05, 0.1) is 34.4 Å². The molecule has 0 saturated heterocycles. The van der Waals surface area contributed by atoms with Crippen LogP contribution in [0, 0.1) is 5.82 Å². The lowest BCUT2D eigenvalue weighted by Crippen LogP contribution is -2.25. The van der Waals surface area contributed by atoms with E-state index in [-0.39, 0.29) is 40.6 Å². The fraction of sp³-hybridized carbons (Fsp3) is 0.182. The van der Waals surface area contributed by atoms with Gasteiger partial charge in [-0.2, -0.15) is 0 Å². The Bertz CT molecular complexity index is 2360. The zero-order valence-corrected chi connectivity index (χ0v) is 26.2. The third-order valence-electron chi connectivity index (χ3n) is 8.22. The molecule has 6 aromatic rings. The summed E-state index contributed by atoms with van der Waals surface area (Å²) >= 11 is 0. The molecule has 4 aromatic heterocycles. The molecule has 1 aliphatic heterocycles. The van der Waals surface area contributed by atoms with Crippen molar-refractivity contribution in [1.82, 2.24) is 19.9 Å². The number of aromatic nitrogens is 3. The number of rotatable bonds is 6. The highest BCUT2D eigenvalue weighted by atomic mass is 32.2. The van der Waals surface area contributed by atoms with Crippen molar-refractivity contribution in [2.75, 3.05) is 24.7 Å². The molecule has 0 spiro atoms. The van der Waals surface area contributed by atoms with E-state index in [2.05, 4.69) is 10.3 Å². The van der Waals surface area contributed by atoms with Crippen molar-refractivity contribution in [3.8, 4) is 39.8 Å². The minimum absolute atomic E-state index is 0.00812. The van der Waals surface area contributed by atoms with E-state index >= 15 is 0 Å². The summed E-state index contributed by atoms with van der Waals surface area (Å²) in [5, 5.41) is 3.28. The number of pyridine rings is 2. The van der Waals surface area contributed by atoms with Gasteiger partial charge in [0.25, 0.3) is 11.8 Å². The van der Waals surface area contributed by atoms with Gasteiger partial charge >= 0.3 is 0 Å². The molecule has 0 atom stereocenters. The number of anilines is 1. The van der Waals surface area contributed by atoms with Gasteiger partial charge in [0, 0.05) is 55.2 Å². The largest absolute Gasteiger partial charge is 0.470 e. The van der Waals surface area contributed by atoms with E-state index in [0.717, 1.165) is 23.7 Å². The van der Waals surface area contributed by atoms with Gasteiger partial charge in [0.15, 0.2) is 12.5 Å². The number of furan rings is 1. The zero-order chi connectivity index (χ0) is 33.4. The van der Waals surface area contributed by atoms with Gasteiger partial charge < -0.3 is 19.0 Å². The van der Waals surface area contributed by atoms with Gasteiger partial charge in [0.1, 0.15) is 28.5 Å². The molecule has 5 heterocycles. The summed E-state index contributed by atoms with van der Waals surface area (Å²) in [7, 11) is -1.01. The second-order valence-electron chi connectivity index (χ2n) is 11.2. The summed E-state index contributed by atoms with van der Waals surface area (Å²) < 4.78 is 83.0. The summed E-state index contributed by atoms with van der Waals surface area (Å²) in [6.45, 7) is 0.892. The number of nitrogens with zero attached hydrogens (tertiary/aromatic N) is 4. The number of halogens is 3. The first-order valence-electron chi connectivity index (χ1n) is 14.3. The van der Waals surface area contributed by atoms with E-state index in [1.165, 1.54) is 38.4 Å². The van der Waals surface area contributed by atoms with Crippen LogP contribution >= 0.6 is 0 Å². The number of benzene rings is 2. The quantitative estimate of drug-likeness (QED) is 0.216. The number of ether oxygens (including phenoxy) is 1. The average Bonchev–Trinajstić information content (AvgIpc) is 3.62. The molecule has 0 fully saturated rings. The lowest BCUT2D eigenvalue weighted by Gasteiger charge is -2.23. The SMILES string of the molecule is CNC(=O)c1c(-c2ccc(C(C)(F)F)cn2)oc2cc(N(C)S(C)(=O)=O)c(-c3ccc4c(n3)-c3cc5c(F)cccc5n3CO4)cc12. The van der Waals surface area contributed by atoms with Crippen LogP contribution in [0.3, 0.4) is 0 Å². The number of amides is 1. The topological polar surface area (TPSA) is 120 Å². The van der Waals surface area contributed by atoms with Crippen LogP contribution in [0.5, 0.6) is 5.75 Å². The second kappa shape index (κ2) is 10.6. The Balaban J connectivity index is 1.47. The Morgan fingerprint density at radius 3 is 2.51 bits per heavy atom. The monoisotopic (exact) mass is 661 g/mol. The number of carbonyl (C=O) groups excluding carboxylic acids is 1. The lowest BCUT2D eigenvalue weighted by atomic mass is 10.0. The summed E-state index contributed by atoms with van der Waals surface area (Å²) in [5.74, 6) is -3.60. The molecule has 47 heavy (non-hydrogen) atoms. The summed E-state index contributed by atoms with van der Waals surface area (Å²) in [5.41, 5.74) is 2.52. The summed E-state index contributed by atoms with van der Waals surface area (Å²) in [4.78, 5) is 22.3. The number of nitrogens with one attached hydrogen (secondary N) is 1. The predicted octanol–water partition coefficient (Wildman–Crippen LogP) is 6.53. The number of hydrogen-bond donors (Lipinski definition) is 1. The van der Waals surface area contributed by atoms with Crippen LogP contribution in [-0.4, -0.2) is 49.2 Å². The maximum Gasteiger partial charge on any atom is 0.272 e. The lowest BCUT2D eigenvalue weighted by molar-refractivity contribution is 0.0171. The molecule has 1 N–H and O–H groups in total. The van der Waals surface area contributed by atoms with Crippen molar-refractivity contribution >= 4 is 43.5 Å². The van der Waals surface area contributed by atoms with Crippen LogP contribution in [0.2, 0.25) is 0 Å². The van der Waals surface area contributed by atoms with Crippen LogP contribution < -0.4 is 14.4 Å². The van der Waals surface area contributed by atoms with Crippen LogP contribution in [0.1, 0.15) is 22.8 Å². The fourth-order valence-corrected chi connectivity index (χ4v) is 6.22. The van der Waals surface area contributed by atoms with Gasteiger partial charge in [-0.15, -0.1) is 0 Å². The molecular weight excluding hydrogens is 635 g/mol. The minimum atomic E-state index is -3.81. The second-order valence-corrected chi connectivity index (χ2v) is 13.3. The Morgan fingerprint density at radius 2 is 1.83 bits per heavy atom. The van der Waals surface area contributed by atoms with Crippen LogP contribution in [0.25, 0.3) is 56.0 Å². The summed E-state index contributed by atoms with van der Waals surface area (Å²) in [6, 6.07) is 15.4. The molecule has 240 valence electrons. The summed E-state index contributed by atoms with van der Waals surface area (Å²) in [6.07, 6.45) is 2.05. The van der Waals surface area contributed by atoms with E-state index in [4.69, 9.17) is 14.1 Å².